The molecule has 0 aliphatic carbocycles. The molecule has 2 aromatic carbocycles. The Hall–Kier alpha value is -2.33. The van der Waals surface area contributed by atoms with Crippen LogP contribution in [0.25, 0.3) is 0 Å². The van der Waals surface area contributed by atoms with Gasteiger partial charge >= 0.3 is 0 Å². The molecule has 2 fully saturated rings. The summed E-state index contributed by atoms with van der Waals surface area (Å²) in [6.07, 6.45) is 2.04. The molecule has 2 saturated heterocycles. The molecule has 23 heavy (non-hydrogen) atoms. The van der Waals surface area contributed by atoms with Gasteiger partial charge < -0.3 is 4.74 Å². The lowest BCUT2D eigenvalue weighted by Gasteiger charge is -2.29. The number of methoxy groups -OCH3 is 1. The predicted molar refractivity (Wildman–Crippen MR) is 89.4 cm³/mol. The molecular weight excluding hydrogens is 288 g/mol. The minimum Gasteiger partial charge on any atom is -0.497 e. The standard InChI is InChI=1S/C19H20N2O2/c1-23-16-11-9-15(10-12-16)21-18(14-6-3-2-4-7-14)20-13-5-8-17(20)19(21)22/h2-4,6-7,9-12,17-18H,5,8,13H2,1H3/t17-,18+/m0/s1. The number of amides is 1. The maximum atomic E-state index is 13.0. The van der Waals surface area contributed by atoms with Gasteiger partial charge in [-0.05, 0) is 42.7 Å². The van der Waals surface area contributed by atoms with Crippen molar-refractivity contribution in [3.8, 4) is 5.75 Å². The van der Waals surface area contributed by atoms with Gasteiger partial charge in [-0.1, -0.05) is 30.3 Å². The highest BCUT2D eigenvalue weighted by molar-refractivity contribution is 6.00. The first kappa shape index (κ1) is 14.3. The molecular formula is C19H20N2O2. The largest absolute Gasteiger partial charge is 0.497 e. The van der Waals surface area contributed by atoms with Crippen molar-refractivity contribution in [2.24, 2.45) is 0 Å². The Kier molecular flexibility index (Phi) is 3.54. The van der Waals surface area contributed by atoms with E-state index in [0.29, 0.717) is 0 Å². The number of benzene rings is 2. The monoisotopic (exact) mass is 308 g/mol. The average molecular weight is 308 g/mol. The Bertz CT molecular complexity index is 699. The first-order chi connectivity index (χ1) is 11.3. The van der Waals surface area contributed by atoms with E-state index in [1.54, 1.807) is 7.11 Å². The summed E-state index contributed by atoms with van der Waals surface area (Å²) in [5.74, 6) is 1.01. The molecule has 2 heterocycles. The fraction of sp³-hybridized carbons (Fsp3) is 0.316. The second-order valence-corrected chi connectivity index (χ2v) is 6.09. The van der Waals surface area contributed by atoms with E-state index in [1.165, 1.54) is 5.56 Å². The molecule has 2 aromatic rings. The summed E-state index contributed by atoms with van der Waals surface area (Å²) >= 11 is 0. The van der Waals surface area contributed by atoms with E-state index in [4.69, 9.17) is 4.74 Å². The number of anilines is 1. The lowest BCUT2D eigenvalue weighted by atomic mass is 10.1. The van der Waals surface area contributed by atoms with Crippen molar-refractivity contribution in [3.05, 3.63) is 60.2 Å². The van der Waals surface area contributed by atoms with Crippen LogP contribution in [0.3, 0.4) is 0 Å². The van der Waals surface area contributed by atoms with Gasteiger partial charge in [-0.2, -0.15) is 0 Å². The summed E-state index contributed by atoms with van der Waals surface area (Å²) in [5, 5.41) is 0. The number of rotatable bonds is 3. The van der Waals surface area contributed by atoms with Gasteiger partial charge in [-0.15, -0.1) is 0 Å². The predicted octanol–water partition coefficient (Wildman–Crippen LogP) is 3.21. The first-order valence-corrected chi connectivity index (χ1v) is 8.07. The van der Waals surface area contributed by atoms with Gasteiger partial charge in [0.1, 0.15) is 11.9 Å². The molecule has 118 valence electrons. The number of carbonyl (C=O) groups is 1. The van der Waals surface area contributed by atoms with E-state index in [9.17, 15) is 4.79 Å². The maximum Gasteiger partial charge on any atom is 0.246 e. The fourth-order valence-electron chi connectivity index (χ4n) is 3.75. The van der Waals surface area contributed by atoms with Crippen LogP contribution in [-0.2, 0) is 4.79 Å². The molecule has 2 atom stereocenters. The quantitative estimate of drug-likeness (QED) is 0.873. The van der Waals surface area contributed by atoms with E-state index >= 15 is 0 Å². The van der Waals surface area contributed by atoms with Crippen LogP contribution in [0.2, 0.25) is 0 Å². The zero-order valence-corrected chi connectivity index (χ0v) is 13.2. The second-order valence-electron chi connectivity index (χ2n) is 6.09. The van der Waals surface area contributed by atoms with Crippen molar-refractivity contribution < 1.29 is 9.53 Å². The van der Waals surface area contributed by atoms with Crippen LogP contribution in [0, 0.1) is 0 Å². The molecule has 0 aromatic heterocycles. The SMILES string of the molecule is COc1ccc(N2C(=O)[C@@H]3CCCN3[C@H]2c2ccccc2)cc1. The second kappa shape index (κ2) is 5.70. The molecule has 4 nitrogen and oxygen atoms in total. The zero-order chi connectivity index (χ0) is 15.8. The normalized spacial score (nSPS) is 24.0. The molecule has 2 aliphatic heterocycles. The number of carbonyl (C=O) groups excluding carboxylic acids is 1. The van der Waals surface area contributed by atoms with Crippen LogP contribution < -0.4 is 9.64 Å². The van der Waals surface area contributed by atoms with Crippen LogP contribution in [0.4, 0.5) is 5.69 Å². The molecule has 1 amide bonds. The Morgan fingerprint density at radius 1 is 1.04 bits per heavy atom. The van der Waals surface area contributed by atoms with Gasteiger partial charge in [0.05, 0.1) is 13.2 Å². The highest BCUT2D eigenvalue weighted by Gasteiger charge is 2.49. The topological polar surface area (TPSA) is 32.8 Å². The Balaban J connectivity index is 1.77. The van der Waals surface area contributed by atoms with Crippen LogP contribution in [0.1, 0.15) is 24.6 Å². The van der Waals surface area contributed by atoms with E-state index in [1.807, 2.05) is 47.4 Å². The van der Waals surface area contributed by atoms with E-state index in [0.717, 1.165) is 30.8 Å². The Labute approximate surface area is 136 Å². The van der Waals surface area contributed by atoms with Crippen LogP contribution in [0.15, 0.2) is 54.6 Å². The van der Waals surface area contributed by atoms with E-state index < -0.39 is 0 Å². The minimum absolute atomic E-state index is 0.00963. The summed E-state index contributed by atoms with van der Waals surface area (Å²) in [7, 11) is 1.65. The molecule has 0 saturated carbocycles. The molecule has 0 spiro atoms. The van der Waals surface area contributed by atoms with Gasteiger partial charge in [0.2, 0.25) is 5.91 Å². The first-order valence-electron chi connectivity index (χ1n) is 8.07. The van der Waals surface area contributed by atoms with Crippen LogP contribution >= 0.6 is 0 Å². The van der Waals surface area contributed by atoms with Crippen molar-refractivity contribution in [2.75, 3.05) is 18.6 Å². The van der Waals surface area contributed by atoms with E-state index in [2.05, 4.69) is 17.0 Å². The van der Waals surface area contributed by atoms with Crippen molar-refractivity contribution in [1.29, 1.82) is 0 Å². The average Bonchev–Trinajstić information content (AvgIpc) is 3.18. The number of nitrogens with zero attached hydrogens (tertiary/aromatic N) is 2. The van der Waals surface area contributed by atoms with Gasteiger partial charge in [0.25, 0.3) is 0 Å². The summed E-state index contributed by atoms with van der Waals surface area (Å²) in [6, 6.07) is 18.1. The lowest BCUT2D eigenvalue weighted by molar-refractivity contribution is -0.119. The summed E-state index contributed by atoms with van der Waals surface area (Å²) < 4.78 is 5.23. The molecule has 0 N–H and O–H groups in total. The maximum absolute atomic E-state index is 13.0. The van der Waals surface area contributed by atoms with Gasteiger partial charge in [-0.3, -0.25) is 14.6 Å². The third-order valence-corrected chi connectivity index (χ3v) is 4.82. The van der Waals surface area contributed by atoms with Crippen molar-refractivity contribution >= 4 is 11.6 Å². The van der Waals surface area contributed by atoms with Crippen molar-refractivity contribution in [3.63, 3.8) is 0 Å². The molecule has 0 radical (unpaired) electrons. The smallest absolute Gasteiger partial charge is 0.246 e. The summed E-state index contributed by atoms with van der Waals surface area (Å²) in [4.78, 5) is 17.3. The van der Waals surface area contributed by atoms with Gasteiger partial charge in [-0.25, -0.2) is 0 Å². The van der Waals surface area contributed by atoms with Crippen LogP contribution in [0.5, 0.6) is 5.75 Å². The zero-order valence-electron chi connectivity index (χ0n) is 13.2. The fourth-order valence-corrected chi connectivity index (χ4v) is 3.75. The number of hydrogen-bond donors (Lipinski definition) is 0. The summed E-state index contributed by atoms with van der Waals surface area (Å²) in [6.45, 7) is 0.975. The lowest BCUT2D eigenvalue weighted by Crippen LogP contribution is -2.32. The Morgan fingerprint density at radius 3 is 2.48 bits per heavy atom. The molecule has 0 bridgehead atoms. The number of hydrogen-bond acceptors (Lipinski definition) is 3. The van der Waals surface area contributed by atoms with E-state index in [-0.39, 0.29) is 18.1 Å². The van der Waals surface area contributed by atoms with Crippen molar-refractivity contribution in [1.82, 2.24) is 4.90 Å². The summed E-state index contributed by atoms with van der Waals surface area (Å²) in [5.41, 5.74) is 2.10. The molecule has 0 unspecified atom stereocenters. The minimum atomic E-state index is -0.00963. The third-order valence-electron chi connectivity index (χ3n) is 4.82. The highest BCUT2D eigenvalue weighted by Crippen LogP contribution is 2.42. The molecule has 2 aliphatic rings. The van der Waals surface area contributed by atoms with Gasteiger partial charge in [0.15, 0.2) is 0 Å². The highest BCUT2D eigenvalue weighted by atomic mass is 16.5. The number of fused-ring (bicyclic) bond motifs is 1. The number of ether oxygens (including phenoxy) is 1. The van der Waals surface area contributed by atoms with Crippen molar-refractivity contribution in [2.45, 2.75) is 25.0 Å². The molecule has 4 heteroatoms. The van der Waals surface area contributed by atoms with Crippen LogP contribution in [-0.4, -0.2) is 30.5 Å². The third kappa shape index (κ3) is 2.30. The van der Waals surface area contributed by atoms with Gasteiger partial charge in [0, 0.05) is 12.2 Å². The Morgan fingerprint density at radius 2 is 1.78 bits per heavy atom. The molecule has 4 rings (SSSR count).